The lowest BCUT2D eigenvalue weighted by Crippen LogP contribution is -1.98. The molecule has 0 saturated heterocycles. The second-order valence-electron chi connectivity index (χ2n) is 3.66. The van der Waals surface area contributed by atoms with Crippen LogP contribution in [0.4, 0.5) is 0 Å². The summed E-state index contributed by atoms with van der Waals surface area (Å²) >= 11 is 5.63. The molecule has 2 aromatic carbocycles. The van der Waals surface area contributed by atoms with Gasteiger partial charge in [-0.2, -0.15) is 0 Å². The van der Waals surface area contributed by atoms with Crippen molar-refractivity contribution in [3.63, 3.8) is 0 Å². The third kappa shape index (κ3) is 2.43. The third-order valence-electron chi connectivity index (χ3n) is 2.52. The van der Waals surface area contributed by atoms with Crippen LogP contribution in [0.3, 0.4) is 0 Å². The molecule has 1 nitrogen and oxygen atoms in total. The van der Waals surface area contributed by atoms with Crippen LogP contribution in [-0.4, -0.2) is 11.0 Å². The average Bonchev–Trinajstić information content (AvgIpc) is 2.39. The summed E-state index contributed by atoms with van der Waals surface area (Å²) in [6.07, 6.45) is -0.592. The Labute approximate surface area is 100 Å². The monoisotopic (exact) mass is 232 g/mol. The van der Waals surface area contributed by atoms with Crippen LogP contribution in [0.5, 0.6) is 0 Å². The quantitative estimate of drug-likeness (QED) is 0.802. The highest BCUT2D eigenvalue weighted by Crippen LogP contribution is 2.23. The molecule has 0 heterocycles. The molecule has 1 N–H and O–H groups in total. The topological polar surface area (TPSA) is 20.2 Å². The fourth-order valence-corrected chi connectivity index (χ4v) is 1.82. The summed E-state index contributed by atoms with van der Waals surface area (Å²) in [6, 6.07) is 17.9. The minimum absolute atomic E-state index is 0.220. The van der Waals surface area contributed by atoms with Gasteiger partial charge in [0.05, 0.1) is 12.0 Å². The van der Waals surface area contributed by atoms with E-state index in [1.807, 2.05) is 54.6 Å². The van der Waals surface area contributed by atoms with Crippen LogP contribution in [0.1, 0.15) is 11.7 Å². The number of benzene rings is 2. The van der Waals surface area contributed by atoms with Gasteiger partial charge in [0.15, 0.2) is 0 Å². The number of hydrogen-bond acceptors (Lipinski definition) is 1. The van der Waals surface area contributed by atoms with Crippen molar-refractivity contribution < 1.29 is 5.11 Å². The van der Waals surface area contributed by atoms with E-state index in [0.29, 0.717) is 0 Å². The van der Waals surface area contributed by atoms with E-state index < -0.39 is 6.10 Å². The van der Waals surface area contributed by atoms with Gasteiger partial charge in [0.2, 0.25) is 0 Å². The predicted molar refractivity (Wildman–Crippen MR) is 67.6 cm³/mol. The summed E-state index contributed by atoms with van der Waals surface area (Å²) in [7, 11) is 0. The molecule has 2 rings (SSSR count). The first kappa shape index (κ1) is 11.2. The predicted octanol–water partition coefficient (Wildman–Crippen LogP) is 3.63. The molecular formula is C14H13ClO. The molecule has 2 heteroatoms. The Kier molecular flexibility index (Phi) is 3.60. The lowest BCUT2D eigenvalue weighted by molar-refractivity contribution is 0.202. The number of hydrogen-bond donors (Lipinski definition) is 1. The maximum absolute atomic E-state index is 9.67. The number of rotatable bonds is 3. The number of halogens is 1. The van der Waals surface area contributed by atoms with E-state index in [1.165, 1.54) is 0 Å². The van der Waals surface area contributed by atoms with E-state index in [4.69, 9.17) is 11.6 Å². The highest BCUT2D eigenvalue weighted by Gasteiger charge is 2.06. The molecule has 0 saturated carbocycles. The van der Waals surface area contributed by atoms with Gasteiger partial charge in [-0.05, 0) is 22.8 Å². The zero-order chi connectivity index (χ0) is 11.4. The molecule has 0 aliphatic rings. The molecule has 0 fully saturated rings. The lowest BCUT2D eigenvalue weighted by atomic mass is 10.0. The fraction of sp³-hybridized carbons (Fsp3) is 0.143. The second kappa shape index (κ2) is 5.15. The van der Waals surface area contributed by atoms with Crippen molar-refractivity contribution in [3.8, 4) is 11.1 Å². The van der Waals surface area contributed by atoms with Gasteiger partial charge in [-0.15, -0.1) is 11.6 Å². The average molecular weight is 233 g/mol. The van der Waals surface area contributed by atoms with E-state index in [-0.39, 0.29) is 5.88 Å². The number of alkyl halides is 1. The standard InChI is InChI=1S/C14H13ClO/c15-10-14(16)13-8-4-7-12(9-13)11-5-2-1-3-6-11/h1-9,14,16H,10H2/t14-/m0/s1. The second-order valence-corrected chi connectivity index (χ2v) is 3.97. The van der Waals surface area contributed by atoms with Crippen LogP contribution in [0.2, 0.25) is 0 Å². The first-order valence-corrected chi connectivity index (χ1v) is 5.74. The van der Waals surface area contributed by atoms with E-state index in [9.17, 15) is 5.11 Å². The zero-order valence-electron chi connectivity index (χ0n) is 8.81. The van der Waals surface area contributed by atoms with Gasteiger partial charge in [0, 0.05) is 0 Å². The summed E-state index contributed by atoms with van der Waals surface area (Å²) in [5.74, 6) is 0.220. The summed E-state index contributed by atoms with van der Waals surface area (Å²) < 4.78 is 0. The van der Waals surface area contributed by atoms with Crippen LogP contribution in [0, 0.1) is 0 Å². The van der Waals surface area contributed by atoms with Gasteiger partial charge in [-0.25, -0.2) is 0 Å². The SMILES string of the molecule is O[C@@H](CCl)c1cccc(-c2ccccc2)c1. The maximum Gasteiger partial charge on any atom is 0.0925 e. The normalized spacial score (nSPS) is 12.4. The van der Waals surface area contributed by atoms with Crippen molar-refractivity contribution >= 4 is 11.6 Å². The van der Waals surface area contributed by atoms with Crippen molar-refractivity contribution in [3.05, 3.63) is 60.2 Å². The Hall–Kier alpha value is -1.31. The van der Waals surface area contributed by atoms with Crippen molar-refractivity contribution in [2.75, 3.05) is 5.88 Å². The Balaban J connectivity index is 2.36. The molecule has 2 aromatic rings. The van der Waals surface area contributed by atoms with Gasteiger partial charge >= 0.3 is 0 Å². The van der Waals surface area contributed by atoms with Crippen LogP contribution in [-0.2, 0) is 0 Å². The van der Waals surface area contributed by atoms with Crippen LogP contribution >= 0.6 is 11.6 Å². The van der Waals surface area contributed by atoms with Gasteiger partial charge in [-0.1, -0.05) is 48.5 Å². The van der Waals surface area contributed by atoms with Crippen molar-refractivity contribution in [1.82, 2.24) is 0 Å². The van der Waals surface area contributed by atoms with Gasteiger partial charge in [-0.3, -0.25) is 0 Å². The molecule has 82 valence electrons. The Morgan fingerprint density at radius 2 is 1.62 bits per heavy atom. The molecule has 0 unspecified atom stereocenters. The molecular weight excluding hydrogens is 220 g/mol. The summed E-state index contributed by atoms with van der Waals surface area (Å²) in [4.78, 5) is 0. The van der Waals surface area contributed by atoms with Crippen molar-refractivity contribution in [2.45, 2.75) is 6.10 Å². The molecule has 0 aromatic heterocycles. The van der Waals surface area contributed by atoms with E-state index in [1.54, 1.807) is 0 Å². The Bertz CT molecular complexity index is 453. The van der Waals surface area contributed by atoms with Crippen LogP contribution in [0.25, 0.3) is 11.1 Å². The number of aliphatic hydroxyl groups is 1. The van der Waals surface area contributed by atoms with Gasteiger partial charge in [0.25, 0.3) is 0 Å². The first-order valence-electron chi connectivity index (χ1n) is 5.20. The minimum Gasteiger partial charge on any atom is -0.387 e. The molecule has 1 atom stereocenters. The zero-order valence-corrected chi connectivity index (χ0v) is 9.56. The maximum atomic E-state index is 9.67. The summed E-state index contributed by atoms with van der Waals surface area (Å²) in [5.41, 5.74) is 3.10. The van der Waals surface area contributed by atoms with E-state index >= 15 is 0 Å². The molecule has 0 bridgehead atoms. The summed E-state index contributed by atoms with van der Waals surface area (Å²) in [6.45, 7) is 0. The van der Waals surface area contributed by atoms with Crippen LogP contribution in [0.15, 0.2) is 54.6 Å². The van der Waals surface area contributed by atoms with E-state index in [0.717, 1.165) is 16.7 Å². The Morgan fingerprint density at radius 3 is 2.31 bits per heavy atom. The Morgan fingerprint density at radius 1 is 0.938 bits per heavy atom. The molecule has 0 spiro atoms. The number of aliphatic hydroxyl groups excluding tert-OH is 1. The first-order chi connectivity index (χ1) is 7.81. The molecule has 0 aliphatic carbocycles. The van der Waals surface area contributed by atoms with Crippen molar-refractivity contribution in [2.24, 2.45) is 0 Å². The largest absolute Gasteiger partial charge is 0.387 e. The molecule has 0 radical (unpaired) electrons. The smallest absolute Gasteiger partial charge is 0.0925 e. The van der Waals surface area contributed by atoms with Gasteiger partial charge in [0.1, 0.15) is 0 Å². The third-order valence-corrected chi connectivity index (χ3v) is 2.82. The molecule has 0 amide bonds. The van der Waals surface area contributed by atoms with E-state index in [2.05, 4.69) is 0 Å². The summed E-state index contributed by atoms with van der Waals surface area (Å²) in [5, 5.41) is 9.67. The minimum atomic E-state index is -0.592. The fourth-order valence-electron chi connectivity index (χ4n) is 1.65. The molecule has 16 heavy (non-hydrogen) atoms. The lowest BCUT2D eigenvalue weighted by Gasteiger charge is -2.09. The highest BCUT2D eigenvalue weighted by atomic mass is 35.5. The van der Waals surface area contributed by atoms with Crippen LogP contribution < -0.4 is 0 Å². The van der Waals surface area contributed by atoms with Crippen molar-refractivity contribution in [1.29, 1.82) is 0 Å². The molecule has 0 aliphatic heterocycles. The van der Waals surface area contributed by atoms with Gasteiger partial charge < -0.3 is 5.11 Å². The highest BCUT2D eigenvalue weighted by molar-refractivity contribution is 6.18.